The summed E-state index contributed by atoms with van der Waals surface area (Å²) in [4.78, 5) is 23.6. The molecule has 1 aliphatic heterocycles. The molecule has 2 aromatic rings. The summed E-state index contributed by atoms with van der Waals surface area (Å²) in [6.07, 6.45) is -4.51. The Morgan fingerprint density at radius 3 is 2.27 bits per heavy atom. The minimum Gasteiger partial charge on any atom is -0.484 e. The van der Waals surface area contributed by atoms with Crippen molar-refractivity contribution in [3.63, 3.8) is 0 Å². The maximum absolute atomic E-state index is 13.0. The molecule has 3 rings (SSSR count). The van der Waals surface area contributed by atoms with E-state index in [2.05, 4.69) is 20.1 Å². The Hall–Kier alpha value is -3.67. The minimum absolute atomic E-state index is 0.0557. The fraction of sp³-hybridized carbons (Fsp3) is 0.333. The summed E-state index contributed by atoms with van der Waals surface area (Å²) in [5.74, 6) is -1.27. The predicted molar refractivity (Wildman–Crippen MR) is 107 cm³/mol. The first-order chi connectivity index (χ1) is 15.7. The number of rotatable bonds is 11. The first-order valence-corrected chi connectivity index (χ1v) is 9.83. The lowest BCUT2D eigenvalue weighted by molar-refractivity contribution is -0.286. The van der Waals surface area contributed by atoms with E-state index in [-0.39, 0.29) is 50.0 Å². The lowest BCUT2D eigenvalue weighted by Crippen LogP contribution is -2.37. The highest BCUT2D eigenvalue weighted by atomic mass is 19.3. The van der Waals surface area contributed by atoms with Crippen molar-refractivity contribution in [3.8, 4) is 23.0 Å². The molecule has 0 unspecified atom stereocenters. The molecule has 0 aliphatic carbocycles. The second kappa shape index (κ2) is 10.8. The van der Waals surface area contributed by atoms with Gasteiger partial charge in [-0.15, -0.1) is 8.78 Å². The average Bonchev–Trinajstić information content (AvgIpc) is 3.09. The monoisotopic (exact) mass is 470 g/mol. The molecule has 0 aromatic heterocycles. The van der Waals surface area contributed by atoms with E-state index in [1.54, 1.807) is 0 Å². The van der Waals surface area contributed by atoms with Crippen LogP contribution in [0.15, 0.2) is 42.5 Å². The Labute approximate surface area is 186 Å². The highest BCUT2D eigenvalue weighted by molar-refractivity contribution is 5.78. The van der Waals surface area contributed by atoms with Crippen LogP contribution in [0.3, 0.4) is 0 Å². The van der Waals surface area contributed by atoms with Crippen molar-refractivity contribution in [2.75, 3.05) is 26.3 Å². The van der Waals surface area contributed by atoms with E-state index in [1.807, 2.05) is 0 Å². The zero-order chi connectivity index (χ0) is 23.8. The number of halogens is 3. The smallest absolute Gasteiger partial charge is 0.484 e. The van der Waals surface area contributed by atoms with Gasteiger partial charge in [0.15, 0.2) is 24.7 Å². The summed E-state index contributed by atoms with van der Waals surface area (Å²) in [5, 5.41) is 14.9. The molecule has 0 bridgehead atoms. The number of ether oxygens (including phenoxy) is 4. The first-order valence-electron chi connectivity index (χ1n) is 9.83. The van der Waals surface area contributed by atoms with Gasteiger partial charge in [0.2, 0.25) is 0 Å². The van der Waals surface area contributed by atoms with Crippen molar-refractivity contribution in [3.05, 3.63) is 48.3 Å². The van der Waals surface area contributed by atoms with E-state index in [9.17, 15) is 27.9 Å². The fourth-order valence-corrected chi connectivity index (χ4v) is 2.66. The Morgan fingerprint density at radius 1 is 0.939 bits per heavy atom. The summed E-state index contributed by atoms with van der Waals surface area (Å²) in [5.41, 5.74) is 0. The van der Waals surface area contributed by atoms with E-state index in [0.717, 1.165) is 0 Å². The van der Waals surface area contributed by atoms with E-state index in [4.69, 9.17) is 9.47 Å². The maximum atomic E-state index is 13.0. The number of hydrogen-bond donors (Lipinski definition) is 3. The van der Waals surface area contributed by atoms with Gasteiger partial charge >= 0.3 is 6.29 Å². The third kappa shape index (κ3) is 7.75. The topological polar surface area (TPSA) is 115 Å². The lowest BCUT2D eigenvalue weighted by atomic mass is 10.2. The Morgan fingerprint density at radius 2 is 1.55 bits per heavy atom. The molecule has 0 saturated heterocycles. The van der Waals surface area contributed by atoms with E-state index >= 15 is 0 Å². The van der Waals surface area contributed by atoms with Crippen LogP contribution in [-0.2, 0) is 9.59 Å². The van der Waals surface area contributed by atoms with Crippen molar-refractivity contribution in [2.24, 2.45) is 0 Å². The molecule has 0 spiro atoms. The van der Waals surface area contributed by atoms with Crippen molar-refractivity contribution in [1.82, 2.24) is 10.6 Å². The Bertz CT molecular complexity index is 973. The molecule has 0 radical (unpaired) electrons. The molecule has 1 aliphatic rings. The van der Waals surface area contributed by atoms with Gasteiger partial charge in [0.25, 0.3) is 11.8 Å². The molecule has 33 heavy (non-hydrogen) atoms. The van der Waals surface area contributed by atoms with Crippen LogP contribution in [0, 0.1) is 5.82 Å². The van der Waals surface area contributed by atoms with Crippen LogP contribution in [0.4, 0.5) is 13.2 Å². The van der Waals surface area contributed by atoms with Crippen LogP contribution < -0.4 is 29.6 Å². The quantitative estimate of drug-likeness (QED) is 0.457. The first kappa shape index (κ1) is 24.0. The number of fused-ring (bicyclic) bond motifs is 1. The molecule has 1 atom stereocenters. The molecule has 1 heterocycles. The summed E-state index contributed by atoms with van der Waals surface area (Å²) in [6, 6.07) is 8.93. The zero-order valence-corrected chi connectivity index (χ0v) is 17.2. The third-order valence-electron chi connectivity index (χ3n) is 4.26. The molecule has 0 saturated carbocycles. The van der Waals surface area contributed by atoms with Crippen molar-refractivity contribution in [2.45, 2.75) is 18.8 Å². The molecule has 178 valence electrons. The summed E-state index contributed by atoms with van der Waals surface area (Å²) in [7, 11) is 0. The summed E-state index contributed by atoms with van der Waals surface area (Å²) in [6.45, 7) is -0.633. The number of amides is 2. The summed E-state index contributed by atoms with van der Waals surface area (Å²) < 4.78 is 57.8. The van der Waals surface area contributed by atoms with Gasteiger partial charge in [-0.1, -0.05) is 0 Å². The van der Waals surface area contributed by atoms with Gasteiger partial charge in [-0.3, -0.25) is 9.59 Å². The molecule has 2 amide bonds. The van der Waals surface area contributed by atoms with Gasteiger partial charge in [0.1, 0.15) is 17.3 Å². The number of aliphatic hydroxyl groups is 1. The third-order valence-corrected chi connectivity index (χ3v) is 4.26. The summed E-state index contributed by atoms with van der Waals surface area (Å²) >= 11 is 0. The standard InChI is InChI=1S/C21H21F3N2O7/c22-13-1-3-15(4-2-13)30-12-20(29)26-10-14(27)7-8-25-19(28)11-31-16-5-6-17-18(9-16)33-21(23,24)32-17/h1-6,9,14,27H,7-8,10-12H2,(H,25,28)(H,26,29)/t14-/m0/s1. The highest BCUT2D eigenvalue weighted by Gasteiger charge is 2.43. The molecule has 9 nitrogen and oxygen atoms in total. The number of alkyl halides is 2. The average molecular weight is 470 g/mol. The Kier molecular flexibility index (Phi) is 7.83. The number of carbonyl (C=O) groups excluding carboxylic acids is 2. The number of hydrogen-bond acceptors (Lipinski definition) is 7. The molecule has 3 N–H and O–H groups in total. The second-order valence-corrected chi connectivity index (χ2v) is 6.90. The number of aliphatic hydroxyl groups excluding tert-OH is 1. The van der Waals surface area contributed by atoms with Gasteiger partial charge in [-0.05, 0) is 42.8 Å². The largest absolute Gasteiger partial charge is 0.586 e. The zero-order valence-electron chi connectivity index (χ0n) is 17.2. The molecule has 0 fully saturated rings. The fourth-order valence-electron chi connectivity index (χ4n) is 2.66. The van der Waals surface area contributed by atoms with Gasteiger partial charge in [0.05, 0.1) is 6.10 Å². The predicted octanol–water partition coefficient (Wildman–Crippen LogP) is 1.59. The van der Waals surface area contributed by atoms with Gasteiger partial charge < -0.3 is 34.7 Å². The normalized spacial score (nSPS) is 14.3. The van der Waals surface area contributed by atoms with E-state index in [1.165, 1.54) is 42.5 Å². The van der Waals surface area contributed by atoms with Crippen LogP contribution >= 0.6 is 0 Å². The van der Waals surface area contributed by atoms with Gasteiger partial charge in [0, 0.05) is 19.2 Å². The molecule has 2 aromatic carbocycles. The molecular weight excluding hydrogens is 449 g/mol. The van der Waals surface area contributed by atoms with Crippen LogP contribution in [0.5, 0.6) is 23.0 Å². The SMILES string of the molecule is O=C(COc1ccc2c(c1)OC(F)(F)O2)NCC[C@H](O)CNC(=O)COc1ccc(F)cc1. The van der Waals surface area contributed by atoms with Crippen LogP contribution in [-0.4, -0.2) is 55.6 Å². The van der Waals surface area contributed by atoms with Crippen LogP contribution in [0.1, 0.15) is 6.42 Å². The number of nitrogens with one attached hydrogen (secondary N) is 2. The van der Waals surface area contributed by atoms with Crippen molar-refractivity contribution in [1.29, 1.82) is 0 Å². The van der Waals surface area contributed by atoms with Crippen LogP contribution in [0.25, 0.3) is 0 Å². The highest BCUT2D eigenvalue weighted by Crippen LogP contribution is 2.42. The van der Waals surface area contributed by atoms with Crippen molar-refractivity contribution >= 4 is 11.8 Å². The maximum Gasteiger partial charge on any atom is 0.586 e. The van der Waals surface area contributed by atoms with Gasteiger partial charge in [-0.25, -0.2) is 4.39 Å². The van der Waals surface area contributed by atoms with Crippen LogP contribution in [0.2, 0.25) is 0 Å². The van der Waals surface area contributed by atoms with Gasteiger partial charge in [-0.2, -0.15) is 0 Å². The van der Waals surface area contributed by atoms with E-state index < -0.39 is 30.0 Å². The number of benzene rings is 2. The van der Waals surface area contributed by atoms with Crippen molar-refractivity contribution < 1.29 is 46.8 Å². The van der Waals surface area contributed by atoms with E-state index in [0.29, 0.717) is 5.75 Å². The Balaban J connectivity index is 1.26. The second-order valence-electron chi connectivity index (χ2n) is 6.90. The molecule has 12 heteroatoms. The lowest BCUT2D eigenvalue weighted by Gasteiger charge is -2.13. The minimum atomic E-state index is -3.74. The number of carbonyl (C=O) groups is 2. The molecular formula is C21H21F3N2O7.